The first-order valence-corrected chi connectivity index (χ1v) is 7.58. The SMILES string of the molecule is CCCCN(CC1CCCN1)c1nc(C)cs1. The summed E-state index contributed by atoms with van der Waals surface area (Å²) in [4.78, 5) is 7.09. The quantitative estimate of drug-likeness (QED) is 0.845. The monoisotopic (exact) mass is 253 g/mol. The molecule has 1 saturated heterocycles. The zero-order chi connectivity index (χ0) is 12.1. The number of nitrogens with zero attached hydrogens (tertiary/aromatic N) is 2. The highest BCUT2D eigenvalue weighted by atomic mass is 32.1. The van der Waals surface area contributed by atoms with Crippen molar-refractivity contribution < 1.29 is 0 Å². The topological polar surface area (TPSA) is 28.2 Å². The summed E-state index contributed by atoms with van der Waals surface area (Å²) in [5.74, 6) is 0. The second-order valence-corrected chi connectivity index (χ2v) is 5.70. The molecular formula is C13H23N3S. The molecule has 0 aromatic carbocycles. The molecule has 1 unspecified atom stereocenters. The van der Waals surface area contributed by atoms with E-state index >= 15 is 0 Å². The summed E-state index contributed by atoms with van der Waals surface area (Å²) in [5, 5.41) is 6.92. The molecule has 1 N–H and O–H groups in total. The molecule has 1 aromatic rings. The molecule has 2 rings (SSSR count). The van der Waals surface area contributed by atoms with E-state index < -0.39 is 0 Å². The maximum Gasteiger partial charge on any atom is 0.185 e. The van der Waals surface area contributed by atoms with Crippen LogP contribution in [-0.2, 0) is 0 Å². The molecule has 4 heteroatoms. The van der Waals surface area contributed by atoms with Crippen molar-refractivity contribution in [3.63, 3.8) is 0 Å². The highest BCUT2D eigenvalue weighted by Crippen LogP contribution is 2.22. The fourth-order valence-corrected chi connectivity index (χ4v) is 3.12. The van der Waals surface area contributed by atoms with Gasteiger partial charge in [0.2, 0.25) is 0 Å². The van der Waals surface area contributed by atoms with Crippen LogP contribution in [0.2, 0.25) is 0 Å². The molecule has 3 nitrogen and oxygen atoms in total. The summed E-state index contributed by atoms with van der Waals surface area (Å²) in [7, 11) is 0. The number of aromatic nitrogens is 1. The Labute approximate surface area is 108 Å². The van der Waals surface area contributed by atoms with Crippen molar-refractivity contribution in [1.82, 2.24) is 10.3 Å². The summed E-state index contributed by atoms with van der Waals surface area (Å²) in [6.07, 6.45) is 5.14. The van der Waals surface area contributed by atoms with E-state index in [1.165, 1.54) is 37.4 Å². The zero-order valence-corrected chi connectivity index (χ0v) is 11.7. The molecule has 0 aliphatic carbocycles. The molecule has 1 atom stereocenters. The van der Waals surface area contributed by atoms with E-state index in [2.05, 4.69) is 34.4 Å². The van der Waals surface area contributed by atoms with Crippen LogP contribution in [0.5, 0.6) is 0 Å². The van der Waals surface area contributed by atoms with Crippen LogP contribution in [0, 0.1) is 6.92 Å². The maximum atomic E-state index is 4.62. The standard InChI is InChI=1S/C13H23N3S/c1-3-4-8-16(9-12-6-5-7-14-12)13-15-11(2)10-17-13/h10,12,14H,3-9H2,1-2H3. The first kappa shape index (κ1) is 12.8. The number of aryl methyl sites for hydroxylation is 1. The molecule has 2 heterocycles. The van der Waals surface area contributed by atoms with Gasteiger partial charge in [0.1, 0.15) is 0 Å². The summed E-state index contributed by atoms with van der Waals surface area (Å²) in [5.41, 5.74) is 1.14. The minimum absolute atomic E-state index is 0.663. The average Bonchev–Trinajstić information content (AvgIpc) is 2.95. The van der Waals surface area contributed by atoms with Crippen molar-refractivity contribution in [3.05, 3.63) is 11.1 Å². The zero-order valence-electron chi connectivity index (χ0n) is 10.9. The fraction of sp³-hybridized carbons (Fsp3) is 0.769. The lowest BCUT2D eigenvalue weighted by Gasteiger charge is -2.25. The van der Waals surface area contributed by atoms with Gasteiger partial charge in [0, 0.05) is 24.5 Å². The number of anilines is 1. The fourth-order valence-electron chi connectivity index (χ4n) is 2.28. The first-order valence-electron chi connectivity index (χ1n) is 6.70. The second-order valence-electron chi connectivity index (χ2n) is 4.86. The van der Waals surface area contributed by atoms with Gasteiger partial charge in [-0.05, 0) is 32.7 Å². The molecule has 0 saturated carbocycles. The van der Waals surface area contributed by atoms with Crippen molar-refractivity contribution in [2.24, 2.45) is 0 Å². The Hall–Kier alpha value is -0.610. The normalized spacial score (nSPS) is 19.8. The van der Waals surface area contributed by atoms with Crippen molar-refractivity contribution in [2.75, 3.05) is 24.5 Å². The third kappa shape index (κ3) is 3.68. The van der Waals surface area contributed by atoms with Crippen molar-refractivity contribution in [2.45, 2.75) is 45.6 Å². The Kier molecular flexibility index (Phi) is 4.80. The summed E-state index contributed by atoms with van der Waals surface area (Å²) >= 11 is 1.78. The molecule has 1 fully saturated rings. The van der Waals surface area contributed by atoms with E-state index in [1.54, 1.807) is 11.3 Å². The minimum Gasteiger partial charge on any atom is -0.347 e. The summed E-state index contributed by atoms with van der Waals surface area (Å²) in [6.45, 7) is 7.77. The van der Waals surface area contributed by atoms with Gasteiger partial charge in [-0.2, -0.15) is 0 Å². The van der Waals surface area contributed by atoms with Gasteiger partial charge in [-0.15, -0.1) is 11.3 Å². The molecule has 0 radical (unpaired) electrons. The van der Waals surface area contributed by atoms with Gasteiger partial charge in [-0.25, -0.2) is 4.98 Å². The highest BCUT2D eigenvalue weighted by molar-refractivity contribution is 7.13. The average molecular weight is 253 g/mol. The second kappa shape index (κ2) is 6.36. The molecule has 1 aliphatic heterocycles. The van der Waals surface area contributed by atoms with Crippen LogP contribution in [0.4, 0.5) is 5.13 Å². The van der Waals surface area contributed by atoms with Gasteiger partial charge < -0.3 is 10.2 Å². The summed E-state index contributed by atoms with van der Waals surface area (Å²) < 4.78 is 0. The highest BCUT2D eigenvalue weighted by Gasteiger charge is 2.19. The maximum absolute atomic E-state index is 4.62. The van der Waals surface area contributed by atoms with Gasteiger partial charge in [0.05, 0.1) is 5.69 Å². The molecule has 0 bridgehead atoms. The van der Waals surface area contributed by atoms with Crippen LogP contribution in [0.15, 0.2) is 5.38 Å². The number of nitrogens with one attached hydrogen (secondary N) is 1. The Bertz CT molecular complexity index is 331. The largest absolute Gasteiger partial charge is 0.347 e. The van der Waals surface area contributed by atoms with Gasteiger partial charge in [-0.1, -0.05) is 13.3 Å². The Morgan fingerprint density at radius 3 is 3.06 bits per heavy atom. The Morgan fingerprint density at radius 2 is 2.47 bits per heavy atom. The van der Waals surface area contributed by atoms with Crippen LogP contribution < -0.4 is 10.2 Å². The van der Waals surface area contributed by atoms with E-state index in [1.807, 2.05) is 0 Å². The number of unbranched alkanes of at least 4 members (excludes halogenated alkanes) is 1. The van der Waals surface area contributed by atoms with E-state index in [0.717, 1.165) is 18.8 Å². The molecule has 96 valence electrons. The van der Waals surface area contributed by atoms with Crippen LogP contribution in [-0.4, -0.2) is 30.7 Å². The minimum atomic E-state index is 0.663. The summed E-state index contributed by atoms with van der Waals surface area (Å²) in [6, 6.07) is 0.663. The number of hydrogen-bond acceptors (Lipinski definition) is 4. The van der Waals surface area contributed by atoms with Crippen LogP contribution >= 0.6 is 11.3 Å². The Balaban J connectivity index is 1.96. The van der Waals surface area contributed by atoms with E-state index in [9.17, 15) is 0 Å². The lowest BCUT2D eigenvalue weighted by atomic mass is 10.2. The molecule has 0 spiro atoms. The molecule has 17 heavy (non-hydrogen) atoms. The molecule has 1 aliphatic rings. The van der Waals surface area contributed by atoms with E-state index in [0.29, 0.717) is 6.04 Å². The van der Waals surface area contributed by atoms with Gasteiger partial charge in [-0.3, -0.25) is 0 Å². The molecule has 1 aromatic heterocycles. The predicted molar refractivity (Wildman–Crippen MR) is 75.0 cm³/mol. The Morgan fingerprint density at radius 1 is 1.59 bits per heavy atom. The van der Waals surface area contributed by atoms with Crippen LogP contribution in [0.1, 0.15) is 38.3 Å². The first-order chi connectivity index (χ1) is 8.29. The van der Waals surface area contributed by atoms with Gasteiger partial charge >= 0.3 is 0 Å². The van der Waals surface area contributed by atoms with E-state index in [4.69, 9.17) is 0 Å². The molecule has 0 amide bonds. The smallest absolute Gasteiger partial charge is 0.185 e. The van der Waals surface area contributed by atoms with Crippen molar-refractivity contribution in [3.8, 4) is 0 Å². The third-order valence-corrected chi connectivity index (χ3v) is 4.28. The van der Waals surface area contributed by atoms with Crippen molar-refractivity contribution in [1.29, 1.82) is 0 Å². The molecular weight excluding hydrogens is 230 g/mol. The van der Waals surface area contributed by atoms with E-state index in [-0.39, 0.29) is 0 Å². The lowest BCUT2D eigenvalue weighted by molar-refractivity contribution is 0.571. The van der Waals surface area contributed by atoms with Crippen molar-refractivity contribution >= 4 is 16.5 Å². The van der Waals surface area contributed by atoms with Crippen LogP contribution in [0.25, 0.3) is 0 Å². The number of thiazole rings is 1. The van der Waals surface area contributed by atoms with Gasteiger partial charge in [0.15, 0.2) is 5.13 Å². The predicted octanol–water partition coefficient (Wildman–Crippen LogP) is 2.81. The number of hydrogen-bond donors (Lipinski definition) is 1. The van der Waals surface area contributed by atoms with Gasteiger partial charge in [0.25, 0.3) is 0 Å². The lowest BCUT2D eigenvalue weighted by Crippen LogP contribution is -2.38. The number of rotatable bonds is 6. The van der Waals surface area contributed by atoms with Crippen LogP contribution in [0.3, 0.4) is 0 Å². The third-order valence-electron chi connectivity index (χ3n) is 3.26.